The van der Waals surface area contributed by atoms with Crippen molar-refractivity contribution in [2.75, 3.05) is 31.2 Å². The fourth-order valence-corrected chi connectivity index (χ4v) is 1.34. The molecule has 0 bridgehead atoms. The van der Waals surface area contributed by atoms with Crippen molar-refractivity contribution in [3.05, 3.63) is 23.8 Å². The van der Waals surface area contributed by atoms with E-state index in [4.69, 9.17) is 10.8 Å². The van der Waals surface area contributed by atoms with Gasteiger partial charge in [-0.3, -0.25) is 4.79 Å². The zero-order chi connectivity index (χ0) is 13.7. The first-order valence-corrected chi connectivity index (χ1v) is 5.56. The number of likely N-dealkylation sites (N-methyl/N-ethyl adjacent to an activating group) is 1. The van der Waals surface area contributed by atoms with Crippen molar-refractivity contribution < 1.29 is 14.7 Å². The second-order valence-corrected chi connectivity index (χ2v) is 3.87. The van der Waals surface area contributed by atoms with Gasteiger partial charge < -0.3 is 21.1 Å². The van der Waals surface area contributed by atoms with Gasteiger partial charge in [-0.1, -0.05) is 0 Å². The molecule has 1 amide bonds. The van der Waals surface area contributed by atoms with Crippen LogP contribution in [0.2, 0.25) is 0 Å². The van der Waals surface area contributed by atoms with Crippen molar-refractivity contribution in [3.63, 3.8) is 0 Å². The maximum atomic E-state index is 11.6. The summed E-state index contributed by atoms with van der Waals surface area (Å²) in [5.74, 6) is -1.15. The molecule has 0 saturated carbocycles. The highest BCUT2D eigenvalue weighted by atomic mass is 16.4. The third kappa shape index (κ3) is 3.38. The SMILES string of the molecule is CCN(C)C(=O)CNc1ccc(N)c(C(=O)O)c1. The highest BCUT2D eigenvalue weighted by Gasteiger charge is 2.10. The van der Waals surface area contributed by atoms with Gasteiger partial charge in [-0.25, -0.2) is 4.79 Å². The summed E-state index contributed by atoms with van der Waals surface area (Å²) in [6.07, 6.45) is 0. The molecule has 0 unspecified atom stereocenters. The third-order valence-electron chi connectivity index (χ3n) is 2.63. The van der Waals surface area contributed by atoms with E-state index in [0.29, 0.717) is 12.2 Å². The topological polar surface area (TPSA) is 95.7 Å². The second-order valence-electron chi connectivity index (χ2n) is 3.87. The van der Waals surface area contributed by atoms with Gasteiger partial charge in [0.15, 0.2) is 0 Å². The van der Waals surface area contributed by atoms with Gasteiger partial charge in [0.25, 0.3) is 0 Å². The number of anilines is 2. The number of hydrogen-bond acceptors (Lipinski definition) is 4. The van der Waals surface area contributed by atoms with Gasteiger partial charge in [-0.05, 0) is 25.1 Å². The van der Waals surface area contributed by atoms with Gasteiger partial charge in [0.2, 0.25) is 5.91 Å². The monoisotopic (exact) mass is 251 g/mol. The minimum Gasteiger partial charge on any atom is -0.478 e. The summed E-state index contributed by atoms with van der Waals surface area (Å²) in [4.78, 5) is 24.0. The lowest BCUT2D eigenvalue weighted by atomic mass is 10.1. The number of hydrogen-bond donors (Lipinski definition) is 3. The Morgan fingerprint density at radius 1 is 1.44 bits per heavy atom. The summed E-state index contributed by atoms with van der Waals surface area (Å²) in [6, 6.07) is 4.55. The number of benzene rings is 1. The molecule has 4 N–H and O–H groups in total. The predicted octanol–water partition coefficient (Wildman–Crippen LogP) is 0.857. The van der Waals surface area contributed by atoms with Gasteiger partial charge in [0.05, 0.1) is 12.1 Å². The van der Waals surface area contributed by atoms with Crippen LogP contribution in [0.1, 0.15) is 17.3 Å². The van der Waals surface area contributed by atoms with Crippen molar-refractivity contribution in [2.45, 2.75) is 6.92 Å². The molecule has 0 aliphatic rings. The number of amides is 1. The van der Waals surface area contributed by atoms with Gasteiger partial charge >= 0.3 is 5.97 Å². The van der Waals surface area contributed by atoms with Crippen molar-refractivity contribution in [3.8, 4) is 0 Å². The standard InChI is InChI=1S/C12H17N3O3/c1-3-15(2)11(16)7-14-8-4-5-10(13)9(6-8)12(17)18/h4-6,14H,3,7,13H2,1-2H3,(H,17,18). The average Bonchev–Trinajstić information content (AvgIpc) is 2.36. The number of carboxylic acid groups (broad SMARTS) is 1. The smallest absolute Gasteiger partial charge is 0.337 e. The average molecular weight is 251 g/mol. The fraction of sp³-hybridized carbons (Fsp3) is 0.333. The molecule has 0 fully saturated rings. The first-order valence-electron chi connectivity index (χ1n) is 5.56. The first-order chi connectivity index (χ1) is 8.45. The normalized spacial score (nSPS) is 9.89. The van der Waals surface area contributed by atoms with Crippen LogP contribution in [0.3, 0.4) is 0 Å². The molecule has 0 aromatic heterocycles. The minimum absolute atomic E-state index is 0.0243. The van der Waals surface area contributed by atoms with E-state index in [1.54, 1.807) is 18.0 Å². The molecule has 0 aliphatic carbocycles. The molecule has 0 radical (unpaired) electrons. The van der Waals surface area contributed by atoms with Crippen LogP contribution in [0.15, 0.2) is 18.2 Å². The molecule has 0 heterocycles. The summed E-state index contributed by atoms with van der Waals surface area (Å²) < 4.78 is 0. The van der Waals surface area contributed by atoms with Crippen molar-refractivity contribution in [1.82, 2.24) is 4.90 Å². The Labute approximate surface area is 105 Å². The van der Waals surface area contributed by atoms with Crippen LogP contribution in [-0.2, 0) is 4.79 Å². The Hall–Kier alpha value is -2.24. The number of nitrogens with two attached hydrogens (primary N) is 1. The molecule has 0 spiro atoms. The highest BCUT2D eigenvalue weighted by molar-refractivity contribution is 5.95. The Balaban J connectivity index is 2.72. The van der Waals surface area contributed by atoms with E-state index < -0.39 is 5.97 Å². The van der Waals surface area contributed by atoms with E-state index in [0.717, 1.165) is 0 Å². The molecule has 0 atom stereocenters. The molecule has 18 heavy (non-hydrogen) atoms. The lowest BCUT2D eigenvalue weighted by molar-refractivity contribution is -0.127. The lowest BCUT2D eigenvalue weighted by Gasteiger charge is -2.15. The van der Waals surface area contributed by atoms with Crippen LogP contribution in [-0.4, -0.2) is 42.0 Å². The van der Waals surface area contributed by atoms with Gasteiger partial charge in [0.1, 0.15) is 0 Å². The Bertz CT molecular complexity index is 460. The third-order valence-corrected chi connectivity index (χ3v) is 2.63. The number of nitrogens with zero attached hydrogens (tertiary/aromatic N) is 1. The van der Waals surface area contributed by atoms with E-state index in [1.165, 1.54) is 12.1 Å². The first kappa shape index (κ1) is 13.8. The maximum absolute atomic E-state index is 11.6. The minimum atomic E-state index is -1.09. The van der Waals surface area contributed by atoms with Crippen LogP contribution in [0, 0.1) is 0 Å². The number of nitrogens with one attached hydrogen (secondary N) is 1. The highest BCUT2D eigenvalue weighted by Crippen LogP contribution is 2.17. The largest absolute Gasteiger partial charge is 0.478 e. The van der Waals surface area contributed by atoms with Crippen LogP contribution < -0.4 is 11.1 Å². The molecule has 1 aromatic rings. The quantitative estimate of drug-likeness (QED) is 0.674. The summed E-state index contributed by atoms with van der Waals surface area (Å²) in [5.41, 5.74) is 6.31. The fourth-order valence-electron chi connectivity index (χ4n) is 1.34. The molecular formula is C12H17N3O3. The Morgan fingerprint density at radius 3 is 2.67 bits per heavy atom. The molecule has 0 aliphatic heterocycles. The molecule has 1 aromatic carbocycles. The van der Waals surface area contributed by atoms with E-state index in [-0.39, 0.29) is 23.7 Å². The van der Waals surface area contributed by atoms with Crippen LogP contribution in [0.4, 0.5) is 11.4 Å². The summed E-state index contributed by atoms with van der Waals surface area (Å²) in [6.45, 7) is 2.62. The molecule has 98 valence electrons. The number of rotatable bonds is 5. The van der Waals surface area contributed by atoms with Crippen LogP contribution >= 0.6 is 0 Å². The molecular weight excluding hydrogens is 234 g/mol. The van der Waals surface area contributed by atoms with Crippen molar-refractivity contribution in [2.24, 2.45) is 0 Å². The number of aromatic carboxylic acids is 1. The number of carbonyl (C=O) groups is 2. The van der Waals surface area contributed by atoms with Gasteiger partial charge in [-0.15, -0.1) is 0 Å². The van der Waals surface area contributed by atoms with Gasteiger partial charge in [-0.2, -0.15) is 0 Å². The van der Waals surface area contributed by atoms with E-state index in [2.05, 4.69) is 5.32 Å². The second kappa shape index (κ2) is 5.90. The maximum Gasteiger partial charge on any atom is 0.337 e. The Morgan fingerprint density at radius 2 is 2.11 bits per heavy atom. The summed E-state index contributed by atoms with van der Waals surface area (Å²) in [7, 11) is 1.70. The summed E-state index contributed by atoms with van der Waals surface area (Å²) in [5, 5.41) is 11.8. The van der Waals surface area contributed by atoms with Crippen molar-refractivity contribution in [1.29, 1.82) is 0 Å². The number of nitrogen functional groups attached to an aromatic ring is 1. The van der Waals surface area contributed by atoms with E-state index in [9.17, 15) is 9.59 Å². The number of carbonyl (C=O) groups excluding carboxylic acids is 1. The van der Waals surface area contributed by atoms with Crippen molar-refractivity contribution >= 4 is 23.3 Å². The van der Waals surface area contributed by atoms with Crippen LogP contribution in [0.25, 0.3) is 0 Å². The molecule has 6 nitrogen and oxygen atoms in total. The number of carboxylic acids is 1. The molecule has 6 heteroatoms. The van der Waals surface area contributed by atoms with E-state index >= 15 is 0 Å². The zero-order valence-corrected chi connectivity index (χ0v) is 10.4. The van der Waals surface area contributed by atoms with E-state index in [1.807, 2.05) is 6.92 Å². The summed E-state index contributed by atoms with van der Waals surface area (Å²) >= 11 is 0. The van der Waals surface area contributed by atoms with Crippen LogP contribution in [0.5, 0.6) is 0 Å². The lowest BCUT2D eigenvalue weighted by Crippen LogP contribution is -2.31. The zero-order valence-electron chi connectivity index (χ0n) is 10.4. The molecule has 0 saturated heterocycles. The predicted molar refractivity (Wildman–Crippen MR) is 69.6 cm³/mol. The van der Waals surface area contributed by atoms with Gasteiger partial charge in [0, 0.05) is 25.0 Å². The molecule has 1 rings (SSSR count). The Kier molecular flexibility index (Phi) is 4.53.